The standard InChI is InChI=1S/C19H29N3O2/c1-5-13(2)16-8-6-7-9-17(16)21-19(24)14(3)22(4)12-18(23)20-15-10-11-15/h6-9,13-15H,5,10-12H2,1-4H3,(H,20,23)(H,21,24)/t13-,14+/m1/s1. The van der Waals surface area contributed by atoms with Gasteiger partial charge in [0.25, 0.3) is 0 Å². The van der Waals surface area contributed by atoms with Crippen LogP contribution >= 0.6 is 0 Å². The first-order valence-electron chi connectivity index (χ1n) is 8.81. The molecule has 0 aromatic heterocycles. The van der Waals surface area contributed by atoms with Crippen LogP contribution in [0.15, 0.2) is 24.3 Å². The molecule has 0 saturated heterocycles. The molecule has 1 saturated carbocycles. The smallest absolute Gasteiger partial charge is 0.241 e. The number of likely N-dealkylation sites (N-methyl/N-ethyl adjacent to an activating group) is 1. The predicted molar refractivity (Wildman–Crippen MR) is 97.0 cm³/mol. The molecule has 1 aliphatic rings. The van der Waals surface area contributed by atoms with Crippen molar-refractivity contribution >= 4 is 17.5 Å². The van der Waals surface area contributed by atoms with Crippen molar-refractivity contribution in [3.63, 3.8) is 0 Å². The maximum Gasteiger partial charge on any atom is 0.241 e. The second kappa shape index (κ2) is 8.29. The number of carbonyl (C=O) groups is 2. The van der Waals surface area contributed by atoms with Crippen LogP contribution in [0, 0.1) is 0 Å². The summed E-state index contributed by atoms with van der Waals surface area (Å²) >= 11 is 0. The Kier molecular flexibility index (Phi) is 6.37. The molecule has 132 valence electrons. The Balaban J connectivity index is 1.94. The molecule has 2 amide bonds. The van der Waals surface area contributed by atoms with Crippen molar-refractivity contribution in [1.82, 2.24) is 10.2 Å². The third kappa shape index (κ3) is 5.06. The highest BCUT2D eigenvalue weighted by Crippen LogP contribution is 2.26. The van der Waals surface area contributed by atoms with Gasteiger partial charge >= 0.3 is 0 Å². The van der Waals surface area contributed by atoms with Gasteiger partial charge in [-0.1, -0.05) is 32.0 Å². The highest BCUT2D eigenvalue weighted by molar-refractivity contribution is 5.95. The fourth-order valence-electron chi connectivity index (χ4n) is 2.56. The summed E-state index contributed by atoms with van der Waals surface area (Å²) in [5.74, 6) is 0.283. The molecule has 1 fully saturated rings. The highest BCUT2D eigenvalue weighted by Gasteiger charge is 2.26. The monoisotopic (exact) mass is 331 g/mol. The topological polar surface area (TPSA) is 61.4 Å². The summed E-state index contributed by atoms with van der Waals surface area (Å²) in [4.78, 5) is 26.2. The summed E-state index contributed by atoms with van der Waals surface area (Å²) in [5.41, 5.74) is 2.01. The average Bonchev–Trinajstić information content (AvgIpc) is 3.37. The van der Waals surface area contributed by atoms with Crippen molar-refractivity contribution in [2.24, 2.45) is 0 Å². The largest absolute Gasteiger partial charge is 0.352 e. The van der Waals surface area contributed by atoms with Crippen LogP contribution in [-0.2, 0) is 9.59 Å². The first kappa shape index (κ1) is 18.5. The molecule has 0 radical (unpaired) electrons. The predicted octanol–water partition coefficient (Wildman–Crippen LogP) is 2.74. The van der Waals surface area contributed by atoms with Gasteiger partial charge in [0.15, 0.2) is 0 Å². The van der Waals surface area contributed by atoms with Crippen LogP contribution in [0.1, 0.15) is 51.5 Å². The van der Waals surface area contributed by atoms with Crippen LogP contribution in [0.25, 0.3) is 0 Å². The molecule has 2 rings (SSSR count). The van der Waals surface area contributed by atoms with E-state index < -0.39 is 0 Å². The summed E-state index contributed by atoms with van der Waals surface area (Å²) in [7, 11) is 1.80. The summed E-state index contributed by atoms with van der Waals surface area (Å²) < 4.78 is 0. The first-order chi connectivity index (χ1) is 11.4. The van der Waals surface area contributed by atoms with Gasteiger partial charge in [-0.05, 0) is 50.8 Å². The normalized spacial score (nSPS) is 16.5. The number of amides is 2. The fraction of sp³-hybridized carbons (Fsp3) is 0.579. The van der Waals surface area contributed by atoms with Crippen LogP contribution in [0.3, 0.4) is 0 Å². The van der Waals surface area contributed by atoms with E-state index in [4.69, 9.17) is 0 Å². The third-order valence-corrected chi connectivity index (χ3v) is 4.74. The molecule has 2 atom stereocenters. The van der Waals surface area contributed by atoms with E-state index in [1.807, 2.05) is 25.1 Å². The number of nitrogens with one attached hydrogen (secondary N) is 2. The Morgan fingerprint density at radius 2 is 1.92 bits per heavy atom. The summed E-state index contributed by atoms with van der Waals surface area (Å²) in [6, 6.07) is 7.89. The lowest BCUT2D eigenvalue weighted by Crippen LogP contribution is -2.45. The highest BCUT2D eigenvalue weighted by atomic mass is 16.2. The van der Waals surface area contributed by atoms with Crippen LogP contribution in [-0.4, -0.2) is 42.4 Å². The van der Waals surface area contributed by atoms with Crippen LogP contribution < -0.4 is 10.6 Å². The van der Waals surface area contributed by atoms with Crippen molar-refractivity contribution in [3.05, 3.63) is 29.8 Å². The van der Waals surface area contributed by atoms with Gasteiger partial charge in [-0.2, -0.15) is 0 Å². The van der Waals surface area contributed by atoms with E-state index in [-0.39, 0.29) is 24.4 Å². The number of para-hydroxylation sites is 1. The molecular formula is C19H29N3O2. The van der Waals surface area contributed by atoms with E-state index in [9.17, 15) is 9.59 Å². The van der Waals surface area contributed by atoms with E-state index in [1.54, 1.807) is 11.9 Å². The minimum Gasteiger partial charge on any atom is -0.352 e. The Labute approximate surface area is 144 Å². The Morgan fingerprint density at radius 3 is 2.54 bits per heavy atom. The molecule has 0 spiro atoms. The Bertz CT molecular complexity index is 584. The lowest BCUT2D eigenvalue weighted by atomic mass is 9.97. The molecular weight excluding hydrogens is 302 g/mol. The van der Waals surface area contributed by atoms with Crippen LogP contribution in [0.5, 0.6) is 0 Å². The molecule has 0 aliphatic heterocycles. The van der Waals surface area contributed by atoms with Gasteiger partial charge in [-0.3, -0.25) is 14.5 Å². The van der Waals surface area contributed by atoms with Crippen molar-refractivity contribution < 1.29 is 9.59 Å². The number of benzene rings is 1. The van der Waals surface area contributed by atoms with Gasteiger partial charge < -0.3 is 10.6 Å². The fourth-order valence-corrected chi connectivity index (χ4v) is 2.56. The minimum atomic E-state index is -0.375. The van der Waals surface area contributed by atoms with E-state index in [2.05, 4.69) is 30.5 Å². The SMILES string of the molecule is CC[C@@H](C)c1ccccc1NC(=O)[C@H](C)N(C)CC(=O)NC1CC1. The number of carbonyl (C=O) groups excluding carboxylic acids is 2. The van der Waals surface area contributed by atoms with Crippen molar-refractivity contribution in [2.75, 3.05) is 18.9 Å². The maximum absolute atomic E-state index is 12.5. The van der Waals surface area contributed by atoms with Crippen LogP contribution in [0.2, 0.25) is 0 Å². The number of nitrogens with zero attached hydrogens (tertiary/aromatic N) is 1. The van der Waals surface area contributed by atoms with Gasteiger partial charge in [-0.25, -0.2) is 0 Å². The zero-order valence-electron chi connectivity index (χ0n) is 15.1. The second-order valence-corrected chi connectivity index (χ2v) is 6.82. The maximum atomic E-state index is 12.5. The molecule has 24 heavy (non-hydrogen) atoms. The average molecular weight is 331 g/mol. The lowest BCUT2D eigenvalue weighted by Gasteiger charge is -2.24. The lowest BCUT2D eigenvalue weighted by molar-refractivity contribution is -0.124. The van der Waals surface area contributed by atoms with E-state index in [0.29, 0.717) is 12.0 Å². The molecule has 1 aliphatic carbocycles. The molecule has 5 nitrogen and oxygen atoms in total. The van der Waals surface area contributed by atoms with E-state index in [1.165, 1.54) is 0 Å². The van der Waals surface area contributed by atoms with Crippen molar-refractivity contribution in [2.45, 2.75) is 58.0 Å². The quantitative estimate of drug-likeness (QED) is 0.770. The van der Waals surface area contributed by atoms with Crippen molar-refractivity contribution in [3.8, 4) is 0 Å². The first-order valence-corrected chi connectivity index (χ1v) is 8.81. The number of hydrogen-bond acceptors (Lipinski definition) is 3. The van der Waals surface area contributed by atoms with E-state index in [0.717, 1.165) is 30.5 Å². The number of rotatable bonds is 8. The molecule has 1 aromatic carbocycles. The Morgan fingerprint density at radius 1 is 1.25 bits per heavy atom. The van der Waals surface area contributed by atoms with E-state index >= 15 is 0 Å². The third-order valence-electron chi connectivity index (χ3n) is 4.74. The summed E-state index contributed by atoms with van der Waals surface area (Å²) in [6.45, 7) is 6.35. The van der Waals surface area contributed by atoms with Crippen LogP contribution in [0.4, 0.5) is 5.69 Å². The van der Waals surface area contributed by atoms with Gasteiger partial charge in [0.2, 0.25) is 11.8 Å². The van der Waals surface area contributed by atoms with Gasteiger partial charge in [-0.15, -0.1) is 0 Å². The zero-order chi connectivity index (χ0) is 17.7. The number of anilines is 1. The summed E-state index contributed by atoms with van der Waals surface area (Å²) in [6.07, 6.45) is 3.15. The van der Waals surface area contributed by atoms with Crippen molar-refractivity contribution in [1.29, 1.82) is 0 Å². The minimum absolute atomic E-state index is 0.0142. The summed E-state index contributed by atoms with van der Waals surface area (Å²) in [5, 5.41) is 5.97. The molecule has 1 aromatic rings. The Hall–Kier alpha value is -1.88. The molecule has 0 heterocycles. The zero-order valence-corrected chi connectivity index (χ0v) is 15.1. The van der Waals surface area contributed by atoms with Gasteiger partial charge in [0.05, 0.1) is 12.6 Å². The molecule has 0 unspecified atom stereocenters. The molecule has 5 heteroatoms. The van der Waals surface area contributed by atoms with Gasteiger partial charge in [0, 0.05) is 11.7 Å². The molecule has 0 bridgehead atoms. The van der Waals surface area contributed by atoms with Gasteiger partial charge in [0.1, 0.15) is 0 Å². The number of hydrogen-bond donors (Lipinski definition) is 2. The molecule has 2 N–H and O–H groups in total. The second-order valence-electron chi connectivity index (χ2n) is 6.82.